The second-order valence-electron chi connectivity index (χ2n) is 4.83. The summed E-state index contributed by atoms with van der Waals surface area (Å²) < 4.78 is 0. The Bertz CT molecular complexity index is 446. The van der Waals surface area contributed by atoms with Gasteiger partial charge in [-0.15, -0.1) is 11.3 Å². The van der Waals surface area contributed by atoms with E-state index in [9.17, 15) is 5.11 Å². The van der Waals surface area contributed by atoms with E-state index in [1.54, 1.807) is 11.3 Å². The third kappa shape index (κ3) is 3.56. The lowest BCUT2D eigenvalue weighted by atomic mass is 9.96. The zero-order chi connectivity index (χ0) is 13.0. The first kappa shape index (κ1) is 13.6. The van der Waals surface area contributed by atoms with Crippen molar-refractivity contribution < 1.29 is 10.2 Å². The molecule has 1 aliphatic heterocycles. The Morgan fingerprint density at radius 2 is 2.39 bits per heavy atom. The molecule has 2 heterocycles. The summed E-state index contributed by atoms with van der Waals surface area (Å²) in [6.45, 7) is 4.71. The molecule has 2 rings (SSSR count). The fraction of sp³-hybridized carbons (Fsp3) is 0.571. The molecule has 1 aromatic heterocycles. The largest absolute Gasteiger partial charge is 0.392 e. The Hall–Kier alpha value is -0.860. The van der Waals surface area contributed by atoms with E-state index in [1.807, 2.05) is 5.38 Å². The molecule has 0 aliphatic carbocycles. The second kappa shape index (κ2) is 6.35. The van der Waals surface area contributed by atoms with Crippen LogP contribution in [-0.2, 0) is 6.54 Å². The summed E-state index contributed by atoms with van der Waals surface area (Å²) in [5.41, 5.74) is 0.968. The highest BCUT2D eigenvalue weighted by Crippen LogP contribution is 2.21. The van der Waals surface area contributed by atoms with Gasteiger partial charge in [-0.05, 0) is 24.9 Å². The van der Waals surface area contributed by atoms with E-state index in [0.717, 1.165) is 31.6 Å². The van der Waals surface area contributed by atoms with Crippen molar-refractivity contribution in [3.63, 3.8) is 0 Å². The highest BCUT2D eigenvalue weighted by atomic mass is 32.1. The number of piperidine rings is 1. The predicted molar refractivity (Wildman–Crippen MR) is 73.3 cm³/mol. The van der Waals surface area contributed by atoms with E-state index in [2.05, 4.69) is 29.7 Å². The van der Waals surface area contributed by atoms with E-state index >= 15 is 0 Å². The third-order valence-corrected chi connectivity index (χ3v) is 4.27. The van der Waals surface area contributed by atoms with E-state index in [-0.39, 0.29) is 12.7 Å². The van der Waals surface area contributed by atoms with Crippen molar-refractivity contribution in [2.75, 3.05) is 19.7 Å². The summed E-state index contributed by atoms with van der Waals surface area (Å²) in [4.78, 5) is 3.55. The van der Waals surface area contributed by atoms with Gasteiger partial charge in [0, 0.05) is 28.9 Å². The van der Waals surface area contributed by atoms with Crippen LogP contribution in [0, 0.1) is 17.8 Å². The molecule has 2 N–H and O–H groups in total. The summed E-state index contributed by atoms with van der Waals surface area (Å²) in [5.74, 6) is 5.98. The first-order valence-electron chi connectivity index (χ1n) is 6.26. The van der Waals surface area contributed by atoms with Crippen molar-refractivity contribution in [1.29, 1.82) is 0 Å². The van der Waals surface area contributed by atoms with Gasteiger partial charge in [-0.2, -0.15) is 0 Å². The summed E-state index contributed by atoms with van der Waals surface area (Å²) in [6, 6.07) is 2.07. The normalized spacial score (nSPS) is 24.6. The molecule has 0 amide bonds. The lowest BCUT2D eigenvalue weighted by Crippen LogP contribution is -2.42. The van der Waals surface area contributed by atoms with Crippen LogP contribution < -0.4 is 0 Å². The molecule has 4 heteroatoms. The van der Waals surface area contributed by atoms with Crippen molar-refractivity contribution in [1.82, 2.24) is 4.90 Å². The molecule has 1 aromatic rings. The summed E-state index contributed by atoms with van der Waals surface area (Å²) in [7, 11) is 0. The molecule has 1 aliphatic rings. The van der Waals surface area contributed by atoms with Crippen LogP contribution in [0.2, 0.25) is 0 Å². The van der Waals surface area contributed by atoms with Crippen LogP contribution in [0.25, 0.3) is 0 Å². The molecule has 2 atom stereocenters. The highest BCUT2D eigenvalue weighted by molar-refractivity contribution is 7.10. The van der Waals surface area contributed by atoms with Gasteiger partial charge in [-0.3, -0.25) is 4.90 Å². The van der Waals surface area contributed by atoms with E-state index in [4.69, 9.17) is 5.11 Å². The number of β-amino-alcohol motifs (C(OH)–C–C–N with tert-alkyl or cyclic N) is 1. The molecule has 0 bridgehead atoms. The number of hydrogen-bond donors (Lipinski definition) is 2. The maximum Gasteiger partial charge on any atom is 0.104 e. The molecule has 98 valence electrons. The molecule has 3 nitrogen and oxygen atoms in total. The molecule has 0 saturated carbocycles. The first-order chi connectivity index (χ1) is 8.69. The van der Waals surface area contributed by atoms with Crippen molar-refractivity contribution in [2.45, 2.75) is 26.0 Å². The lowest BCUT2D eigenvalue weighted by Gasteiger charge is -2.33. The van der Waals surface area contributed by atoms with Crippen molar-refractivity contribution in [3.8, 4) is 11.8 Å². The van der Waals surface area contributed by atoms with E-state index < -0.39 is 0 Å². The topological polar surface area (TPSA) is 43.7 Å². The highest BCUT2D eigenvalue weighted by Gasteiger charge is 2.24. The monoisotopic (exact) mass is 265 g/mol. The van der Waals surface area contributed by atoms with Crippen molar-refractivity contribution in [3.05, 3.63) is 21.9 Å². The minimum absolute atomic E-state index is 0.0958. The van der Waals surface area contributed by atoms with Crippen LogP contribution in [0.5, 0.6) is 0 Å². The molecular formula is C14H19NO2S. The Morgan fingerprint density at radius 1 is 1.56 bits per heavy atom. The van der Waals surface area contributed by atoms with Crippen LogP contribution in [0.15, 0.2) is 11.4 Å². The molecule has 18 heavy (non-hydrogen) atoms. The number of likely N-dealkylation sites (tertiary alicyclic amines) is 1. The van der Waals surface area contributed by atoms with Crippen LogP contribution in [0.1, 0.15) is 23.8 Å². The Labute approximate surface area is 112 Å². The number of nitrogens with zero attached hydrogens (tertiary/aromatic N) is 1. The Balaban J connectivity index is 1.91. The predicted octanol–water partition coefficient (Wildman–Crippen LogP) is 1.29. The maximum absolute atomic E-state index is 9.86. The van der Waals surface area contributed by atoms with Gasteiger partial charge in [-0.25, -0.2) is 0 Å². The number of aliphatic hydroxyl groups excluding tert-OH is 2. The Morgan fingerprint density at radius 3 is 3.11 bits per heavy atom. The number of rotatable bonds is 2. The fourth-order valence-electron chi connectivity index (χ4n) is 2.15. The van der Waals surface area contributed by atoms with Crippen LogP contribution in [0.3, 0.4) is 0 Å². The second-order valence-corrected chi connectivity index (χ2v) is 5.83. The van der Waals surface area contributed by atoms with Gasteiger partial charge < -0.3 is 10.2 Å². The smallest absolute Gasteiger partial charge is 0.104 e. The minimum atomic E-state index is -0.202. The average molecular weight is 265 g/mol. The van der Waals surface area contributed by atoms with Gasteiger partial charge in [0.15, 0.2) is 0 Å². The zero-order valence-electron chi connectivity index (χ0n) is 10.6. The van der Waals surface area contributed by atoms with Gasteiger partial charge in [-0.1, -0.05) is 18.8 Å². The number of thiophene rings is 1. The molecule has 2 unspecified atom stereocenters. The lowest BCUT2D eigenvalue weighted by molar-refractivity contribution is 0.0263. The molecule has 0 radical (unpaired) electrons. The van der Waals surface area contributed by atoms with Crippen LogP contribution in [-0.4, -0.2) is 40.9 Å². The van der Waals surface area contributed by atoms with Gasteiger partial charge >= 0.3 is 0 Å². The van der Waals surface area contributed by atoms with Gasteiger partial charge in [0.1, 0.15) is 6.61 Å². The van der Waals surface area contributed by atoms with Crippen LogP contribution in [0.4, 0.5) is 0 Å². The van der Waals surface area contributed by atoms with Crippen molar-refractivity contribution in [2.24, 2.45) is 5.92 Å². The van der Waals surface area contributed by atoms with Gasteiger partial charge in [0.2, 0.25) is 0 Å². The fourth-order valence-corrected chi connectivity index (χ4v) is 3.01. The quantitative estimate of drug-likeness (QED) is 0.792. The summed E-state index contributed by atoms with van der Waals surface area (Å²) in [6.07, 6.45) is 0.858. The molecular weight excluding hydrogens is 246 g/mol. The minimum Gasteiger partial charge on any atom is -0.392 e. The van der Waals surface area contributed by atoms with Gasteiger partial charge in [0.05, 0.1) is 6.10 Å². The zero-order valence-corrected chi connectivity index (χ0v) is 11.4. The van der Waals surface area contributed by atoms with E-state index in [1.165, 1.54) is 4.88 Å². The molecule has 1 saturated heterocycles. The SMILES string of the molecule is CC1CCN(Cc2cc(C#CCO)cs2)CC1O. The van der Waals surface area contributed by atoms with Crippen molar-refractivity contribution >= 4 is 11.3 Å². The standard InChI is InChI=1S/C14H19NO2S/c1-11-4-5-15(9-14(11)17)8-13-7-12(10-18-13)3-2-6-16/h7,10-11,14,16-17H,4-6,8-9H2,1H3. The average Bonchev–Trinajstić information content (AvgIpc) is 2.79. The number of hydrogen-bond acceptors (Lipinski definition) is 4. The maximum atomic E-state index is 9.86. The first-order valence-corrected chi connectivity index (χ1v) is 7.14. The molecule has 0 aromatic carbocycles. The summed E-state index contributed by atoms with van der Waals surface area (Å²) in [5, 5.41) is 20.5. The number of aliphatic hydroxyl groups is 2. The van der Waals surface area contributed by atoms with Crippen LogP contribution >= 0.6 is 11.3 Å². The molecule has 0 spiro atoms. The Kier molecular flexibility index (Phi) is 4.79. The summed E-state index contributed by atoms with van der Waals surface area (Å²) >= 11 is 1.69. The van der Waals surface area contributed by atoms with Gasteiger partial charge in [0.25, 0.3) is 0 Å². The molecule has 1 fully saturated rings. The third-order valence-electron chi connectivity index (χ3n) is 3.35. The van der Waals surface area contributed by atoms with E-state index in [0.29, 0.717) is 5.92 Å².